The van der Waals surface area contributed by atoms with Crippen LogP contribution in [0.2, 0.25) is 0 Å². The van der Waals surface area contributed by atoms with Gasteiger partial charge in [0.1, 0.15) is 5.82 Å². The van der Waals surface area contributed by atoms with E-state index in [1.165, 1.54) is 6.92 Å². The number of ether oxygens (including phenoxy) is 1. The highest BCUT2D eigenvalue weighted by molar-refractivity contribution is 5.75. The Bertz CT molecular complexity index is 453. The van der Waals surface area contributed by atoms with E-state index >= 15 is 0 Å². The number of esters is 1. The predicted octanol–water partition coefficient (Wildman–Crippen LogP) is 2.00. The van der Waals surface area contributed by atoms with Crippen molar-refractivity contribution >= 4 is 5.97 Å². The van der Waals surface area contributed by atoms with Gasteiger partial charge in [0.05, 0.1) is 12.6 Å². The molecule has 0 fully saturated rings. The van der Waals surface area contributed by atoms with Crippen LogP contribution in [0.25, 0.3) is 0 Å². The van der Waals surface area contributed by atoms with Crippen molar-refractivity contribution in [3.8, 4) is 0 Å². The van der Waals surface area contributed by atoms with Crippen molar-refractivity contribution in [2.24, 2.45) is 5.73 Å². The third kappa shape index (κ3) is 2.98. The maximum Gasteiger partial charge on any atom is 0.342 e. The molecule has 0 aliphatic heterocycles. The van der Waals surface area contributed by atoms with Gasteiger partial charge in [-0.1, -0.05) is 0 Å². The molecule has 1 aromatic rings. The Kier molecular flexibility index (Phi) is 4.66. The second kappa shape index (κ2) is 5.81. The van der Waals surface area contributed by atoms with Crippen LogP contribution in [0.15, 0.2) is 12.1 Å². The molecular weight excluding hydrogens is 254 g/mol. The van der Waals surface area contributed by atoms with Gasteiger partial charge >= 0.3 is 5.97 Å². The van der Waals surface area contributed by atoms with Crippen LogP contribution in [0.3, 0.4) is 0 Å². The van der Waals surface area contributed by atoms with Gasteiger partial charge in [0.25, 0.3) is 0 Å². The number of rotatable bonds is 4. The zero-order valence-electron chi connectivity index (χ0n) is 9.42. The number of alkyl halides is 1. The molecule has 0 aliphatic carbocycles. The fourth-order valence-corrected chi connectivity index (χ4v) is 1.34. The molecule has 0 bridgehead atoms. The summed E-state index contributed by atoms with van der Waals surface area (Å²) in [7, 11) is 0. The maximum atomic E-state index is 13.5. The van der Waals surface area contributed by atoms with Crippen LogP contribution in [-0.4, -0.2) is 18.7 Å². The van der Waals surface area contributed by atoms with Gasteiger partial charge in [0.2, 0.25) is 6.17 Å². The fraction of sp³-hybridized carbons (Fsp3) is 0.364. The molecule has 0 saturated heterocycles. The lowest BCUT2D eigenvalue weighted by Gasteiger charge is -2.16. The monoisotopic (exact) mass is 265 g/mol. The first-order valence-corrected chi connectivity index (χ1v) is 5.09. The van der Waals surface area contributed by atoms with Gasteiger partial charge in [-0.25, -0.2) is 22.4 Å². The highest BCUT2D eigenvalue weighted by atomic mass is 19.2. The van der Waals surface area contributed by atoms with Crippen LogP contribution in [0.4, 0.5) is 17.6 Å². The molecule has 1 aromatic carbocycles. The molecule has 0 aliphatic rings. The molecule has 0 saturated carbocycles. The lowest BCUT2D eigenvalue weighted by atomic mass is 10.0. The van der Waals surface area contributed by atoms with Crippen LogP contribution in [0, 0.1) is 17.5 Å². The van der Waals surface area contributed by atoms with E-state index in [1.807, 2.05) is 0 Å². The summed E-state index contributed by atoms with van der Waals surface area (Å²) in [5.41, 5.74) is 4.50. The first kappa shape index (κ1) is 14.4. The molecular formula is C11H11F4NO2. The molecule has 0 radical (unpaired) electrons. The molecule has 1 unspecified atom stereocenters. The first-order chi connectivity index (χ1) is 8.38. The lowest BCUT2D eigenvalue weighted by Crippen LogP contribution is -2.32. The molecule has 2 atom stereocenters. The van der Waals surface area contributed by atoms with Crippen molar-refractivity contribution in [1.82, 2.24) is 0 Å². The third-order valence-corrected chi connectivity index (χ3v) is 2.21. The van der Waals surface area contributed by atoms with E-state index in [0.717, 1.165) is 0 Å². The van der Waals surface area contributed by atoms with E-state index in [9.17, 15) is 22.4 Å². The number of hydrogen-bond donors (Lipinski definition) is 1. The zero-order chi connectivity index (χ0) is 13.9. The number of benzene rings is 1. The van der Waals surface area contributed by atoms with E-state index < -0.39 is 41.2 Å². The standard InChI is InChI=1S/C11H11F4NO2/c1-2-18-11(17)9(15)10(16)6-3-5(12)4-7(13)8(6)14/h3-4,9-10H,2,16H2,1H3/t9?,10-/m0/s1. The number of hydrogen-bond acceptors (Lipinski definition) is 3. The summed E-state index contributed by atoms with van der Waals surface area (Å²) < 4.78 is 56.9. The molecule has 2 N–H and O–H groups in total. The van der Waals surface area contributed by atoms with E-state index in [0.29, 0.717) is 12.1 Å². The van der Waals surface area contributed by atoms with Crippen molar-refractivity contribution < 1.29 is 27.1 Å². The third-order valence-electron chi connectivity index (χ3n) is 2.21. The number of halogens is 4. The van der Waals surface area contributed by atoms with Gasteiger partial charge in [-0.05, 0) is 13.0 Å². The Morgan fingerprint density at radius 1 is 1.39 bits per heavy atom. The van der Waals surface area contributed by atoms with Crippen LogP contribution in [-0.2, 0) is 9.53 Å². The van der Waals surface area contributed by atoms with Gasteiger partial charge in [-0.2, -0.15) is 0 Å². The molecule has 0 aromatic heterocycles. The van der Waals surface area contributed by atoms with Crippen LogP contribution in [0.5, 0.6) is 0 Å². The minimum atomic E-state index is -2.40. The van der Waals surface area contributed by atoms with Crippen molar-refractivity contribution in [2.45, 2.75) is 19.1 Å². The van der Waals surface area contributed by atoms with Crippen molar-refractivity contribution in [3.05, 3.63) is 35.1 Å². The predicted molar refractivity (Wildman–Crippen MR) is 54.8 cm³/mol. The van der Waals surface area contributed by atoms with Crippen LogP contribution >= 0.6 is 0 Å². The van der Waals surface area contributed by atoms with Crippen molar-refractivity contribution in [3.63, 3.8) is 0 Å². The SMILES string of the molecule is CCOC(=O)C(F)[C@@H](N)c1cc(F)cc(F)c1F. The van der Waals surface area contributed by atoms with Gasteiger partial charge in [-0.3, -0.25) is 0 Å². The highest BCUT2D eigenvalue weighted by Gasteiger charge is 2.31. The number of carbonyl (C=O) groups excluding carboxylic acids is 1. The summed E-state index contributed by atoms with van der Waals surface area (Å²) in [4.78, 5) is 11.1. The summed E-state index contributed by atoms with van der Waals surface area (Å²) in [6.45, 7) is 1.35. The maximum absolute atomic E-state index is 13.5. The van der Waals surface area contributed by atoms with Crippen LogP contribution < -0.4 is 5.73 Å². The summed E-state index contributed by atoms with van der Waals surface area (Å²) in [6.07, 6.45) is -2.40. The molecule has 3 nitrogen and oxygen atoms in total. The smallest absolute Gasteiger partial charge is 0.342 e. The van der Waals surface area contributed by atoms with Gasteiger partial charge in [0, 0.05) is 11.6 Å². The Balaban J connectivity index is 3.03. The Morgan fingerprint density at radius 3 is 2.56 bits per heavy atom. The van der Waals surface area contributed by atoms with E-state index in [2.05, 4.69) is 4.74 Å². The molecule has 100 valence electrons. The number of nitrogens with two attached hydrogens (primary N) is 1. The van der Waals surface area contributed by atoms with E-state index in [-0.39, 0.29) is 6.61 Å². The molecule has 1 rings (SSSR count). The van der Waals surface area contributed by atoms with Crippen molar-refractivity contribution in [2.75, 3.05) is 6.61 Å². The highest BCUT2D eigenvalue weighted by Crippen LogP contribution is 2.24. The summed E-state index contributed by atoms with van der Waals surface area (Å²) in [6, 6.07) is -1.01. The Labute approximate surface area is 101 Å². The van der Waals surface area contributed by atoms with E-state index in [1.54, 1.807) is 0 Å². The fourth-order valence-electron chi connectivity index (χ4n) is 1.34. The topological polar surface area (TPSA) is 52.3 Å². The van der Waals surface area contributed by atoms with Crippen molar-refractivity contribution in [1.29, 1.82) is 0 Å². The quantitative estimate of drug-likeness (QED) is 0.514. The summed E-state index contributed by atoms with van der Waals surface area (Å²) in [5, 5.41) is 0. The normalized spacial score (nSPS) is 14.1. The first-order valence-electron chi connectivity index (χ1n) is 5.09. The van der Waals surface area contributed by atoms with Gasteiger partial charge in [-0.15, -0.1) is 0 Å². The largest absolute Gasteiger partial charge is 0.464 e. The molecule has 7 heteroatoms. The summed E-state index contributed by atoms with van der Waals surface area (Å²) in [5.74, 6) is -5.42. The number of carbonyl (C=O) groups is 1. The van der Waals surface area contributed by atoms with Gasteiger partial charge in [0.15, 0.2) is 11.6 Å². The van der Waals surface area contributed by atoms with E-state index in [4.69, 9.17) is 5.73 Å². The zero-order valence-corrected chi connectivity index (χ0v) is 9.42. The second-order valence-corrected chi connectivity index (χ2v) is 3.47. The minimum Gasteiger partial charge on any atom is -0.464 e. The Hall–Kier alpha value is -1.63. The molecule has 0 heterocycles. The minimum absolute atomic E-state index is 0.0913. The average Bonchev–Trinajstić information content (AvgIpc) is 2.32. The Morgan fingerprint density at radius 2 is 2.00 bits per heavy atom. The molecule has 0 spiro atoms. The van der Waals surface area contributed by atoms with Gasteiger partial charge < -0.3 is 10.5 Å². The molecule has 0 amide bonds. The molecule has 18 heavy (non-hydrogen) atoms. The second-order valence-electron chi connectivity index (χ2n) is 3.47. The van der Waals surface area contributed by atoms with Crippen LogP contribution in [0.1, 0.15) is 18.5 Å². The lowest BCUT2D eigenvalue weighted by molar-refractivity contribution is -0.150. The summed E-state index contributed by atoms with van der Waals surface area (Å²) >= 11 is 0. The average molecular weight is 265 g/mol.